The molecule has 0 saturated carbocycles. The van der Waals surface area contributed by atoms with Gasteiger partial charge in [-0.3, -0.25) is 4.79 Å². The van der Waals surface area contributed by atoms with Crippen LogP contribution in [0.15, 0.2) is 24.3 Å². The molecule has 0 fully saturated rings. The third-order valence-corrected chi connectivity index (χ3v) is 5.78. The Labute approximate surface area is 170 Å². The van der Waals surface area contributed by atoms with Gasteiger partial charge in [0.1, 0.15) is 16.5 Å². The van der Waals surface area contributed by atoms with Crippen molar-refractivity contribution in [3.8, 4) is 0 Å². The average Bonchev–Trinajstić information content (AvgIpc) is 2.98. The number of nitrogens with one attached hydrogen (secondary N) is 1. The highest BCUT2D eigenvalue weighted by molar-refractivity contribution is 7.20. The van der Waals surface area contributed by atoms with Gasteiger partial charge in [0.15, 0.2) is 0 Å². The van der Waals surface area contributed by atoms with Crippen LogP contribution in [0.1, 0.15) is 40.5 Å². The third-order valence-electron chi connectivity index (χ3n) is 4.60. The van der Waals surface area contributed by atoms with Crippen molar-refractivity contribution in [2.45, 2.75) is 33.9 Å². The molecule has 3 rings (SSSR count). The molecule has 154 valence electrons. The van der Waals surface area contributed by atoms with Gasteiger partial charge in [-0.2, -0.15) is 13.2 Å². The Morgan fingerprint density at radius 2 is 1.86 bits per heavy atom. The van der Waals surface area contributed by atoms with Gasteiger partial charge in [-0.05, 0) is 51.5 Å². The first kappa shape index (κ1) is 21.0. The lowest BCUT2D eigenvalue weighted by Crippen LogP contribution is -2.23. The summed E-state index contributed by atoms with van der Waals surface area (Å²) in [6, 6.07) is 4.59. The molecule has 1 aromatic carbocycles. The average molecular weight is 422 g/mol. The number of thiophene rings is 1. The molecule has 2 heterocycles. The van der Waals surface area contributed by atoms with Crippen LogP contribution in [-0.4, -0.2) is 29.0 Å². The van der Waals surface area contributed by atoms with Gasteiger partial charge >= 0.3 is 6.18 Å². The molecule has 1 amide bonds. The van der Waals surface area contributed by atoms with E-state index in [2.05, 4.69) is 20.2 Å². The summed E-state index contributed by atoms with van der Waals surface area (Å²) in [6.45, 7) is 9.16. The number of benzene rings is 1. The van der Waals surface area contributed by atoms with Crippen molar-refractivity contribution in [3.05, 3.63) is 46.1 Å². The second-order valence-corrected chi connectivity index (χ2v) is 7.53. The summed E-state index contributed by atoms with van der Waals surface area (Å²) in [4.78, 5) is 25.0. The van der Waals surface area contributed by atoms with Crippen molar-refractivity contribution in [2.24, 2.45) is 0 Å². The fourth-order valence-corrected chi connectivity index (χ4v) is 4.27. The maximum Gasteiger partial charge on any atom is 0.416 e. The largest absolute Gasteiger partial charge is 0.416 e. The summed E-state index contributed by atoms with van der Waals surface area (Å²) in [5.74, 6) is 0.905. The number of aromatic nitrogens is 2. The molecule has 29 heavy (non-hydrogen) atoms. The number of carbonyl (C=O) groups excluding carboxylic acids is 1. The van der Waals surface area contributed by atoms with Gasteiger partial charge in [-0.1, -0.05) is 6.07 Å². The summed E-state index contributed by atoms with van der Waals surface area (Å²) in [6.07, 6.45) is -4.47. The molecule has 9 heteroatoms. The van der Waals surface area contributed by atoms with Gasteiger partial charge in [-0.25, -0.2) is 9.97 Å². The number of halogens is 3. The van der Waals surface area contributed by atoms with E-state index in [0.717, 1.165) is 42.0 Å². The first-order valence-corrected chi connectivity index (χ1v) is 9.98. The van der Waals surface area contributed by atoms with Gasteiger partial charge in [0.25, 0.3) is 5.91 Å². The fourth-order valence-electron chi connectivity index (χ4n) is 3.15. The highest BCUT2D eigenvalue weighted by atomic mass is 32.1. The van der Waals surface area contributed by atoms with Gasteiger partial charge in [0.05, 0.1) is 15.8 Å². The Bertz CT molecular complexity index is 1060. The predicted molar refractivity (Wildman–Crippen MR) is 110 cm³/mol. The normalized spacial score (nSPS) is 11.7. The van der Waals surface area contributed by atoms with Gasteiger partial charge in [-0.15, -0.1) is 11.3 Å². The van der Waals surface area contributed by atoms with Gasteiger partial charge in [0, 0.05) is 18.8 Å². The van der Waals surface area contributed by atoms with E-state index in [9.17, 15) is 18.0 Å². The van der Waals surface area contributed by atoms with Gasteiger partial charge in [0.2, 0.25) is 0 Å². The lowest BCUT2D eigenvalue weighted by molar-refractivity contribution is -0.137. The minimum absolute atomic E-state index is 0.0907. The first-order valence-electron chi connectivity index (χ1n) is 9.17. The molecule has 1 N–H and O–H groups in total. The zero-order valence-corrected chi connectivity index (χ0v) is 17.3. The van der Waals surface area contributed by atoms with Crippen LogP contribution in [0, 0.1) is 13.8 Å². The maximum atomic E-state index is 12.9. The van der Waals surface area contributed by atoms with Crippen LogP contribution >= 0.6 is 11.3 Å². The minimum atomic E-state index is -4.47. The Hall–Kier alpha value is -2.68. The number of fused-ring (bicyclic) bond motifs is 1. The van der Waals surface area contributed by atoms with Crippen LogP contribution in [0.2, 0.25) is 0 Å². The molecule has 0 aliphatic carbocycles. The Morgan fingerprint density at radius 3 is 2.48 bits per heavy atom. The number of hydrogen-bond acceptors (Lipinski definition) is 5. The molecular formula is C20H21F3N4OS. The molecular weight excluding hydrogens is 401 g/mol. The topological polar surface area (TPSA) is 58.1 Å². The number of alkyl halides is 3. The highest BCUT2D eigenvalue weighted by Gasteiger charge is 2.30. The molecule has 0 aliphatic rings. The van der Waals surface area contributed by atoms with E-state index >= 15 is 0 Å². The van der Waals surface area contributed by atoms with Crippen molar-refractivity contribution < 1.29 is 18.0 Å². The maximum absolute atomic E-state index is 12.9. The van der Waals surface area contributed by atoms with Crippen molar-refractivity contribution in [1.29, 1.82) is 0 Å². The standard InChI is InChI=1S/C20H21F3N4OS/c1-5-27(6-2)17-15-11(3)16(29-19(15)25-12(4)24-17)18(28)26-14-9-7-8-13(10-14)20(21,22)23/h7-10H,5-6H2,1-4H3,(H,26,28). The summed E-state index contributed by atoms with van der Waals surface area (Å²) in [5.41, 5.74) is -0.00189. The highest BCUT2D eigenvalue weighted by Crippen LogP contribution is 2.36. The quantitative estimate of drug-likeness (QED) is 0.596. The molecule has 0 spiro atoms. The van der Waals surface area contributed by atoms with E-state index < -0.39 is 17.6 Å². The lowest BCUT2D eigenvalue weighted by Gasteiger charge is -2.21. The second-order valence-electron chi connectivity index (χ2n) is 6.54. The van der Waals surface area contributed by atoms with Crippen LogP contribution < -0.4 is 10.2 Å². The number of rotatable bonds is 5. The van der Waals surface area contributed by atoms with Crippen LogP contribution in [0.4, 0.5) is 24.7 Å². The molecule has 0 aliphatic heterocycles. The zero-order chi connectivity index (χ0) is 21.3. The van der Waals surface area contributed by atoms with Crippen LogP contribution in [0.25, 0.3) is 10.2 Å². The van der Waals surface area contributed by atoms with E-state index in [1.165, 1.54) is 23.5 Å². The van der Waals surface area contributed by atoms with Crippen molar-refractivity contribution >= 4 is 39.0 Å². The van der Waals surface area contributed by atoms with Gasteiger partial charge < -0.3 is 10.2 Å². The minimum Gasteiger partial charge on any atom is -0.357 e. The monoisotopic (exact) mass is 422 g/mol. The van der Waals surface area contributed by atoms with Crippen molar-refractivity contribution in [1.82, 2.24) is 9.97 Å². The summed E-state index contributed by atoms with van der Waals surface area (Å²) < 4.78 is 38.8. The summed E-state index contributed by atoms with van der Waals surface area (Å²) >= 11 is 1.22. The second kappa shape index (κ2) is 7.98. The van der Waals surface area contributed by atoms with E-state index in [1.807, 2.05) is 20.8 Å². The Balaban J connectivity index is 2.01. The molecule has 0 saturated heterocycles. The molecule has 0 bridgehead atoms. The lowest BCUT2D eigenvalue weighted by atomic mass is 10.1. The Kier molecular flexibility index (Phi) is 5.79. The molecule has 2 aromatic heterocycles. The van der Waals surface area contributed by atoms with E-state index in [1.54, 1.807) is 6.92 Å². The predicted octanol–water partition coefficient (Wildman–Crippen LogP) is 5.43. The third kappa shape index (κ3) is 4.19. The van der Waals surface area contributed by atoms with Crippen LogP contribution in [0.5, 0.6) is 0 Å². The summed E-state index contributed by atoms with van der Waals surface area (Å²) in [7, 11) is 0. The SMILES string of the molecule is CCN(CC)c1nc(C)nc2sc(C(=O)Nc3cccc(C(F)(F)F)c3)c(C)c12. The van der Waals surface area contributed by atoms with Crippen molar-refractivity contribution in [2.75, 3.05) is 23.3 Å². The van der Waals surface area contributed by atoms with Crippen molar-refractivity contribution in [3.63, 3.8) is 0 Å². The van der Waals surface area contributed by atoms with E-state index in [-0.39, 0.29) is 5.69 Å². The van der Waals surface area contributed by atoms with Crippen LogP contribution in [-0.2, 0) is 6.18 Å². The molecule has 0 radical (unpaired) electrons. The molecule has 3 aromatic rings. The van der Waals surface area contributed by atoms with E-state index in [0.29, 0.717) is 15.5 Å². The smallest absolute Gasteiger partial charge is 0.357 e. The first-order chi connectivity index (χ1) is 13.7. The molecule has 0 atom stereocenters. The number of aryl methyl sites for hydroxylation is 2. The van der Waals surface area contributed by atoms with E-state index in [4.69, 9.17) is 0 Å². The molecule has 0 unspecified atom stereocenters. The number of anilines is 2. The number of amides is 1. The number of carbonyl (C=O) groups is 1. The number of hydrogen-bond donors (Lipinski definition) is 1. The Morgan fingerprint density at radius 1 is 1.17 bits per heavy atom. The number of nitrogens with zero attached hydrogens (tertiary/aromatic N) is 3. The summed E-state index contributed by atoms with van der Waals surface area (Å²) in [5, 5.41) is 3.38. The zero-order valence-electron chi connectivity index (χ0n) is 16.5. The van der Waals surface area contributed by atoms with Crippen LogP contribution in [0.3, 0.4) is 0 Å². The molecule has 5 nitrogen and oxygen atoms in total. The fraction of sp³-hybridized carbons (Fsp3) is 0.350.